The molecule has 0 N–H and O–H groups in total. The lowest BCUT2D eigenvalue weighted by molar-refractivity contribution is 1.18. The number of rotatable bonds is 6. The Balaban J connectivity index is 1.11. The minimum Gasteiger partial charge on any atom is -0.311 e. The van der Waals surface area contributed by atoms with Crippen LogP contribution >= 0.6 is 0 Å². The smallest absolute Gasteiger partial charge is 0.0626 e. The quantitative estimate of drug-likeness (QED) is 0.156. The van der Waals surface area contributed by atoms with E-state index in [9.17, 15) is 0 Å². The molecule has 0 saturated carbocycles. The highest BCUT2D eigenvalue weighted by Gasteiger charge is 2.21. The van der Waals surface area contributed by atoms with Gasteiger partial charge in [0.2, 0.25) is 0 Å². The van der Waals surface area contributed by atoms with E-state index in [2.05, 4.69) is 228 Å². The number of anilines is 3. The molecular formula is C54H36N2. The fourth-order valence-electron chi connectivity index (χ4n) is 8.77. The average molecular weight is 713 g/mol. The van der Waals surface area contributed by atoms with Gasteiger partial charge in [-0.1, -0.05) is 164 Å². The fraction of sp³-hybridized carbons (Fsp3) is 0. The van der Waals surface area contributed by atoms with Crippen molar-refractivity contribution >= 4 is 71.2 Å². The summed E-state index contributed by atoms with van der Waals surface area (Å²) in [7, 11) is 0. The van der Waals surface area contributed by atoms with Gasteiger partial charge in [-0.3, -0.25) is 0 Å². The predicted molar refractivity (Wildman–Crippen MR) is 239 cm³/mol. The maximum absolute atomic E-state index is 2.49. The SMILES string of the molecule is c1ccc(-c2ccc(N(c3ccc(-c4ccccc4)cc3)c3ccc(-n4c5ccc6ccccc6c5c5c6ccccc6c6ccccc6c54)cc3)cc2)cc1. The lowest BCUT2D eigenvalue weighted by Gasteiger charge is -2.26. The van der Waals surface area contributed by atoms with E-state index < -0.39 is 0 Å². The van der Waals surface area contributed by atoms with E-state index >= 15 is 0 Å². The normalized spacial score (nSPS) is 11.6. The lowest BCUT2D eigenvalue weighted by Crippen LogP contribution is -2.10. The second-order valence-electron chi connectivity index (χ2n) is 14.5. The number of aromatic nitrogens is 1. The van der Waals surface area contributed by atoms with Crippen LogP contribution in [0, 0.1) is 0 Å². The molecule has 10 aromatic carbocycles. The third kappa shape index (κ3) is 5.19. The Morgan fingerprint density at radius 1 is 0.286 bits per heavy atom. The number of nitrogens with zero attached hydrogens (tertiary/aromatic N) is 2. The van der Waals surface area contributed by atoms with E-state index in [1.165, 1.54) is 76.4 Å². The molecule has 0 spiro atoms. The molecule has 0 atom stereocenters. The Hall–Kier alpha value is -7.42. The molecule has 11 rings (SSSR count). The third-order valence-corrected chi connectivity index (χ3v) is 11.4. The first-order valence-electron chi connectivity index (χ1n) is 19.3. The topological polar surface area (TPSA) is 8.17 Å². The molecule has 0 amide bonds. The van der Waals surface area contributed by atoms with E-state index in [4.69, 9.17) is 0 Å². The van der Waals surface area contributed by atoms with Gasteiger partial charge >= 0.3 is 0 Å². The molecule has 0 unspecified atom stereocenters. The average Bonchev–Trinajstić information content (AvgIpc) is 3.64. The molecule has 0 radical (unpaired) electrons. The Bertz CT molecular complexity index is 3110. The van der Waals surface area contributed by atoms with Crippen LogP contribution in [-0.4, -0.2) is 4.57 Å². The van der Waals surface area contributed by atoms with Gasteiger partial charge in [-0.15, -0.1) is 0 Å². The summed E-state index contributed by atoms with van der Waals surface area (Å²) < 4.78 is 2.49. The van der Waals surface area contributed by atoms with Crippen LogP contribution in [0.5, 0.6) is 0 Å². The van der Waals surface area contributed by atoms with E-state index in [0.717, 1.165) is 22.7 Å². The Kier molecular flexibility index (Phi) is 7.53. The zero-order valence-electron chi connectivity index (χ0n) is 30.7. The molecule has 2 nitrogen and oxygen atoms in total. The van der Waals surface area contributed by atoms with Crippen molar-refractivity contribution in [2.45, 2.75) is 0 Å². The molecule has 262 valence electrons. The highest BCUT2D eigenvalue weighted by Crippen LogP contribution is 2.45. The summed E-state index contributed by atoms with van der Waals surface area (Å²) in [5.41, 5.74) is 11.7. The Morgan fingerprint density at radius 3 is 1.29 bits per heavy atom. The summed E-state index contributed by atoms with van der Waals surface area (Å²) in [6.45, 7) is 0. The van der Waals surface area contributed by atoms with Crippen molar-refractivity contribution < 1.29 is 0 Å². The zero-order chi connectivity index (χ0) is 37.0. The van der Waals surface area contributed by atoms with Crippen molar-refractivity contribution in [2.75, 3.05) is 4.90 Å². The minimum absolute atomic E-state index is 1.09. The molecule has 1 heterocycles. The van der Waals surface area contributed by atoms with Crippen molar-refractivity contribution in [3.63, 3.8) is 0 Å². The second kappa shape index (κ2) is 13.2. The fourth-order valence-corrected chi connectivity index (χ4v) is 8.77. The molecule has 0 bridgehead atoms. The first kappa shape index (κ1) is 32.0. The largest absolute Gasteiger partial charge is 0.311 e. The molecule has 11 aromatic rings. The van der Waals surface area contributed by atoms with Crippen LogP contribution in [-0.2, 0) is 0 Å². The first-order valence-corrected chi connectivity index (χ1v) is 19.3. The van der Waals surface area contributed by atoms with Gasteiger partial charge in [0.25, 0.3) is 0 Å². The minimum atomic E-state index is 1.09. The van der Waals surface area contributed by atoms with Gasteiger partial charge in [-0.25, -0.2) is 0 Å². The van der Waals surface area contributed by atoms with Gasteiger partial charge in [0.1, 0.15) is 0 Å². The molecular weight excluding hydrogens is 677 g/mol. The Morgan fingerprint density at radius 2 is 0.714 bits per heavy atom. The van der Waals surface area contributed by atoms with Crippen LogP contribution in [0.2, 0.25) is 0 Å². The van der Waals surface area contributed by atoms with Crippen molar-refractivity contribution in [2.24, 2.45) is 0 Å². The predicted octanol–water partition coefficient (Wildman–Crippen LogP) is 15.0. The van der Waals surface area contributed by atoms with Crippen LogP contribution in [0.1, 0.15) is 0 Å². The van der Waals surface area contributed by atoms with E-state index in [1.807, 2.05) is 0 Å². The number of benzene rings is 10. The zero-order valence-corrected chi connectivity index (χ0v) is 30.7. The number of hydrogen-bond acceptors (Lipinski definition) is 1. The molecule has 0 aliphatic rings. The summed E-state index contributed by atoms with van der Waals surface area (Å²) in [6, 6.07) is 79.3. The van der Waals surface area contributed by atoms with Gasteiger partial charge in [-0.05, 0) is 104 Å². The van der Waals surface area contributed by atoms with Crippen LogP contribution < -0.4 is 4.90 Å². The molecule has 0 aliphatic carbocycles. The maximum Gasteiger partial charge on any atom is 0.0626 e. The highest BCUT2D eigenvalue weighted by molar-refractivity contribution is 6.35. The van der Waals surface area contributed by atoms with Crippen LogP contribution in [0.3, 0.4) is 0 Å². The highest BCUT2D eigenvalue weighted by atomic mass is 15.1. The van der Waals surface area contributed by atoms with E-state index in [-0.39, 0.29) is 0 Å². The van der Waals surface area contributed by atoms with Crippen molar-refractivity contribution in [3.8, 4) is 27.9 Å². The summed E-state index contributed by atoms with van der Waals surface area (Å²) in [5, 5.41) is 10.2. The summed E-state index contributed by atoms with van der Waals surface area (Å²) in [6.07, 6.45) is 0. The van der Waals surface area contributed by atoms with Gasteiger partial charge in [0, 0.05) is 38.9 Å². The number of fused-ring (bicyclic) bond motifs is 10. The van der Waals surface area contributed by atoms with Gasteiger partial charge in [0.15, 0.2) is 0 Å². The maximum atomic E-state index is 2.49. The summed E-state index contributed by atoms with van der Waals surface area (Å²) >= 11 is 0. The lowest BCUT2D eigenvalue weighted by atomic mass is 9.95. The monoisotopic (exact) mass is 712 g/mol. The molecule has 0 saturated heterocycles. The van der Waals surface area contributed by atoms with Crippen LogP contribution in [0.15, 0.2) is 218 Å². The van der Waals surface area contributed by atoms with Gasteiger partial charge < -0.3 is 9.47 Å². The molecule has 0 aliphatic heterocycles. The van der Waals surface area contributed by atoms with Crippen molar-refractivity contribution in [1.29, 1.82) is 0 Å². The summed E-state index contributed by atoms with van der Waals surface area (Å²) in [5.74, 6) is 0. The molecule has 56 heavy (non-hydrogen) atoms. The molecule has 2 heteroatoms. The van der Waals surface area contributed by atoms with Crippen LogP contribution in [0.4, 0.5) is 17.1 Å². The van der Waals surface area contributed by atoms with Gasteiger partial charge in [-0.2, -0.15) is 0 Å². The standard InChI is InChI=1S/C54H36N2/c1-3-13-37(14-4-1)39-23-28-42(29-24-39)55(43-30-25-40(26-31-43)38-15-5-2-6-16-38)44-32-34-45(35-33-44)56-51-36-27-41-17-7-8-18-46(41)52(51)53-49-21-11-9-19-47(49)48-20-10-12-22-50(48)54(53)56/h1-36H. The molecule has 1 aromatic heterocycles. The molecule has 0 fully saturated rings. The number of hydrogen-bond donors (Lipinski definition) is 0. The van der Waals surface area contributed by atoms with Crippen molar-refractivity contribution in [3.05, 3.63) is 218 Å². The van der Waals surface area contributed by atoms with Gasteiger partial charge in [0.05, 0.1) is 11.0 Å². The third-order valence-electron chi connectivity index (χ3n) is 11.4. The first-order chi connectivity index (χ1) is 27.8. The van der Waals surface area contributed by atoms with E-state index in [1.54, 1.807) is 0 Å². The second-order valence-corrected chi connectivity index (χ2v) is 14.5. The van der Waals surface area contributed by atoms with Crippen LogP contribution in [0.25, 0.3) is 82.1 Å². The Labute approximate surface area is 325 Å². The van der Waals surface area contributed by atoms with E-state index in [0.29, 0.717) is 0 Å². The summed E-state index contributed by atoms with van der Waals surface area (Å²) in [4.78, 5) is 2.36. The van der Waals surface area contributed by atoms with Crippen molar-refractivity contribution in [1.82, 2.24) is 4.57 Å².